The lowest BCUT2D eigenvalue weighted by Gasteiger charge is -2.12. The Bertz CT molecular complexity index is 709. The number of methoxy groups -OCH3 is 1. The number of urea groups is 1. The average molecular weight is 386 g/mol. The Labute approximate surface area is 154 Å². The first-order chi connectivity index (χ1) is 12.8. The Morgan fingerprint density at radius 3 is 2.52 bits per heavy atom. The zero-order valence-electron chi connectivity index (χ0n) is 15.0. The van der Waals surface area contributed by atoms with Gasteiger partial charge in [0, 0.05) is 12.6 Å². The Morgan fingerprint density at radius 1 is 1.22 bits per heavy atom. The number of hydrogen-bond donors (Lipinski definition) is 2. The molecule has 0 aromatic heterocycles. The first-order valence-corrected chi connectivity index (χ1v) is 7.87. The highest BCUT2D eigenvalue weighted by Gasteiger charge is 2.18. The lowest BCUT2D eigenvalue weighted by Crippen LogP contribution is -2.44. The largest absolute Gasteiger partial charge is 0.493 e. The molecule has 0 aliphatic carbocycles. The molecule has 10 heteroatoms. The molecule has 0 saturated heterocycles. The molecule has 3 amide bonds. The number of benzene rings is 1. The van der Waals surface area contributed by atoms with Gasteiger partial charge in [-0.05, 0) is 37.6 Å². The van der Waals surface area contributed by atoms with Gasteiger partial charge in [-0.3, -0.25) is 10.1 Å². The predicted octanol–water partition coefficient (Wildman–Crippen LogP) is 2.09. The highest BCUT2D eigenvalue weighted by molar-refractivity contribution is 5.98. The molecule has 8 nitrogen and oxygen atoms in total. The van der Waals surface area contributed by atoms with Gasteiger partial charge in [-0.1, -0.05) is 6.07 Å². The summed E-state index contributed by atoms with van der Waals surface area (Å²) in [7, 11) is 1.28. The van der Waals surface area contributed by atoms with E-state index in [4.69, 9.17) is 9.47 Å². The summed E-state index contributed by atoms with van der Waals surface area (Å²) >= 11 is 0. The number of halogens is 2. The summed E-state index contributed by atoms with van der Waals surface area (Å²) in [4.78, 5) is 34.7. The van der Waals surface area contributed by atoms with Crippen molar-refractivity contribution in [3.8, 4) is 11.5 Å². The molecule has 0 unspecified atom stereocenters. The molecule has 0 fully saturated rings. The van der Waals surface area contributed by atoms with Crippen molar-refractivity contribution in [2.75, 3.05) is 13.7 Å². The first-order valence-electron chi connectivity index (χ1n) is 7.87. The summed E-state index contributed by atoms with van der Waals surface area (Å²) in [6.45, 7) is 0.321. The second-order valence-electron chi connectivity index (χ2n) is 5.05. The molecule has 0 heterocycles. The molecule has 1 atom stereocenters. The smallest absolute Gasteiger partial charge is 0.387 e. The van der Waals surface area contributed by atoms with Crippen LogP contribution in [0.2, 0.25) is 0 Å². The topological polar surface area (TPSA) is 103 Å². The van der Waals surface area contributed by atoms with Crippen LogP contribution in [-0.2, 0) is 14.3 Å². The second kappa shape index (κ2) is 10.7. The van der Waals surface area contributed by atoms with Gasteiger partial charge in [0.15, 0.2) is 17.6 Å². The van der Waals surface area contributed by atoms with E-state index in [2.05, 4.69) is 10.1 Å². The Hall–Kier alpha value is -3.17. The monoisotopic (exact) mass is 386 g/mol. The van der Waals surface area contributed by atoms with Crippen LogP contribution in [0.3, 0.4) is 0 Å². The van der Waals surface area contributed by atoms with Gasteiger partial charge >= 0.3 is 18.6 Å². The highest BCUT2D eigenvalue weighted by atomic mass is 19.3. The average Bonchev–Trinajstić information content (AvgIpc) is 2.60. The van der Waals surface area contributed by atoms with Crippen LogP contribution >= 0.6 is 0 Å². The Balaban J connectivity index is 2.67. The van der Waals surface area contributed by atoms with E-state index >= 15 is 0 Å². The van der Waals surface area contributed by atoms with Crippen molar-refractivity contribution in [3.05, 3.63) is 29.8 Å². The minimum Gasteiger partial charge on any atom is -0.493 e. The first kappa shape index (κ1) is 21.9. The third-order valence-corrected chi connectivity index (χ3v) is 3.05. The highest BCUT2D eigenvalue weighted by Crippen LogP contribution is 2.29. The summed E-state index contributed by atoms with van der Waals surface area (Å²) in [6, 6.07) is 3.37. The van der Waals surface area contributed by atoms with Gasteiger partial charge in [-0.2, -0.15) is 8.78 Å². The molecule has 1 aromatic rings. The SMILES string of the molecule is CCNC(=O)NC(=O)[C@@H](C)OC(=O)/C=C/c1ccc(OC(F)F)c(OC)c1. The minimum atomic E-state index is -3.00. The molecule has 0 radical (unpaired) electrons. The van der Waals surface area contributed by atoms with E-state index in [1.807, 2.05) is 5.32 Å². The number of esters is 1. The summed E-state index contributed by atoms with van der Waals surface area (Å²) in [5.41, 5.74) is 0.449. The fourth-order valence-electron chi connectivity index (χ4n) is 1.83. The van der Waals surface area contributed by atoms with Crippen LogP contribution in [-0.4, -0.2) is 44.3 Å². The number of alkyl halides is 2. The number of ether oxygens (including phenoxy) is 3. The number of carbonyl (C=O) groups excluding carboxylic acids is 3. The molecule has 0 aliphatic heterocycles. The van der Waals surface area contributed by atoms with E-state index in [1.54, 1.807) is 6.92 Å². The van der Waals surface area contributed by atoms with E-state index < -0.39 is 30.6 Å². The van der Waals surface area contributed by atoms with Crippen LogP contribution in [0, 0.1) is 0 Å². The third kappa shape index (κ3) is 7.72. The van der Waals surface area contributed by atoms with Crippen molar-refractivity contribution in [1.29, 1.82) is 0 Å². The second-order valence-corrected chi connectivity index (χ2v) is 5.05. The van der Waals surface area contributed by atoms with Crippen molar-refractivity contribution < 1.29 is 37.4 Å². The standard InChI is InChI=1S/C17H20F2N2O6/c1-4-20-17(24)21-15(23)10(2)26-14(22)8-6-11-5-7-12(27-16(18)19)13(9-11)25-3/h5-10,16H,4H2,1-3H3,(H2,20,21,23,24)/b8-6+/t10-/m1/s1. The molecule has 0 spiro atoms. The molecule has 27 heavy (non-hydrogen) atoms. The molecule has 0 saturated carbocycles. The molecule has 0 bridgehead atoms. The normalized spacial score (nSPS) is 11.8. The number of rotatable bonds is 8. The van der Waals surface area contributed by atoms with Gasteiger partial charge in [0.05, 0.1) is 7.11 Å². The van der Waals surface area contributed by atoms with Gasteiger partial charge in [-0.25, -0.2) is 9.59 Å². The van der Waals surface area contributed by atoms with Crippen molar-refractivity contribution in [2.45, 2.75) is 26.6 Å². The fourth-order valence-corrected chi connectivity index (χ4v) is 1.83. The summed E-state index contributed by atoms with van der Waals surface area (Å²) in [5, 5.41) is 4.38. The number of hydrogen-bond acceptors (Lipinski definition) is 6. The maximum Gasteiger partial charge on any atom is 0.387 e. The minimum absolute atomic E-state index is 0.0560. The number of carbonyl (C=O) groups is 3. The van der Waals surface area contributed by atoms with E-state index in [1.165, 1.54) is 38.3 Å². The van der Waals surface area contributed by atoms with Gasteiger partial charge < -0.3 is 19.5 Å². The van der Waals surface area contributed by atoms with Gasteiger partial charge in [-0.15, -0.1) is 0 Å². The summed E-state index contributed by atoms with van der Waals surface area (Å²) in [6.07, 6.45) is 1.19. The zero-order chi connectivity index (χ0) is 20.4. The maximum atomic E-state index is 12.3. The lowest BCUT2D eigenvalue weighted by atomic mass is 10.2. The molecule has 2 N–H and O–H groups in total. The van der Waals surface area contributed by atoms with E-state index in [-0.39, 0.29) is 11.5 Å². The van der Waals surface area contributed by atoms with Crippen LogP contribution in [0.1, 0.15) is 19.4 Å². The van der Waals surface area contributed by atoms with Crippen molar-refractivity contribution in [3.63, 3.8) is 0 Å². The van der Waals surface area contributed by atoms with E-state index in [0.29, 0.717) is 12.1 Å². The quantitative estimate of drug-likeness (QED) is 0.524. The van der Waals surface area contributed by atoms with Gasteiger partial charge in [0.2, 0.25) is 0 Å². The van der Waals surface area contributed by atoms with Gasteiger partial charge in [0.25, 0.3) is 5.91 Å². The molecular formula is C17H20F2N2O6. The van der Waals surface area contributed by atoms with E-state index in [9.17, 15) is 23.2 Å². The molecule has 0 aliphatic rings. The predicted molar refractivity (Wildman–Crippen MR) is 91.4 cm³/mol. The Kier molecular flexibility index (Phi) is 8.70. The molecule has 1 aromatic carbocycles. The van der Waals surface area contributed by atoms with Crippen molar-refractivity contribution in [2.24, 2.45) is 0 Å². The summed E-state index contributed by atoms with van der Waals surface area (Å²) < 4.78 is 38.7. The van der Waals surface area contributed by atoms with Crippen LogP contribution in [0.4, 0.5) is 13.6 Å². The molecule has 148 valence electrons. The van der Waals surface area contributed by atoms with Gasteiger partial charge in [0.1, 0.15) is 0 Å². The van der Waals surface area contributed by atoms with Crippen LogP contribution in [0.5, 0.6) is 11.5 Å². The molecular weight excluding hydrogens is 366 g/mol. The number of amides is 3. The van der Waals surface area contributed by atoms with Crippen molar-refractivity contribution in [1.82, 2.24) is 10.6 Å². The molecule has 1 rings (SSSR count). The third-order valence-electron chi connectivity index (χ3n) is 3.05. The number of nitrogens with one attached hydrogen (secondary N) is 2. The lowest BCUT2D eigenvalue weighted by molar-refractivity contribution is -0.149. The van der Waals surface area contributed by atoms with E-state index in [0.717, 1.165) is 6.08 Å². The fraction of sp³-hybridized carbons (Fsp3) is 0.353. The Morgan fingerprint density at radius 2 is 1.93 bits per heavy atom. The maximum absolute atomic E-state index is 12.3. The van der Waals surface area contributed by atoms with Crippen LogP contribution in [0.25, 0.3) is 6.08 Å². The summed E-state index contributed by atoms with van der Waals surface area (Å²) in [5.74, 6) is -1.71. The zero-order valence-corrected chi connectivity index (χ0v) is 15.0. The van der Waals surface area contributed by atoms with Crippen LogP contribution in [0.15, 0.2) is 24.3 Å². The van der Waals surface area contributed by atoms with Crippen LogP contribution < -0.4 is 20.1 Å². The number of imide groups is 1. The van der Waals surface area contributed by atoms with Crippen molar-refractivity contribution >= 4 is 24.0 Å².